The van der Waals surface area contributed by atoms with E-state index in [1.165, 1.54) is 4.80 Å². The highest BCUT2D eigenvalue weighted by molar-refractivity contribution is 9.10. The highest BCUT2D eigenvalue weighted by Crippen LogP contribution is 2.15. The third-order valence-corrected chi connectivity index (χ3v) is 3.82. The minimum absolute atomic E-state index is 0.0670. The maximum absolute atomic E-state index is 12.0. The molecule has 0 aliphatic heterocycles. The fourth-order valence-electron chi connectivity index (χ4n) is 2.07. The molecule has 3 aromatic rings. The van der Waals surface area contributed by atoms with Gasteiger partial charge in [0.15, 0.2) is 0 Å². The highest BCUT2D eigenvalue weighted by Gasteiger charge is 2.10. The van der Waals surface area contributed by atoms with E-state index in [1.807, 2.05) is 12.1 Å². The second-order valence-corrected chi connectivity index (χ2v) is 6.06. The Morgan fingerprint density at radius 2 is 1.76 bits per heavy atom. The summed E-state index contributed by atoms with van der Waals surface area (Å²) in [6.07, 6.45) is 0. The van der Waals surface area contributed by atoms with E-state index in [4.69, 9.17) is 5.73 Å². The molecule has 126 valence electrons. The van der Waals surface area contributed by atoms with E-state index in [0.717, 1.165) is 4.47 Å². The van der Waals surface area contributed by atoms with Crippen molar-refractivity contribution < 1.29 is 9.59 Å². The van der Waals surface area contributed by atoms with Gasteiger partial charge in [-0.1, -0.05) is 28.1 Å². The molecule has 25 heavy (non-hydrogen) atoms. The number of benzene rings is 2. The molecule has 1 heterocycles. The Balaban J connectivity index is 1.65. The first-order valence-corrected chi connectivity index (χ1v) is 8.04. The van der Waals surface area contributed by atoms with Crippen LogP contribution in [0.4, 0.5) is 5.69 Å². The van der Waals surface area contributed by atoms with Crippen LogP contribution in [0.3, 0.4) is 0 Å². The highest BCUT2D eigenvalue weighted by atomic mass is 79.9. The van der Waals surface area contributed by atoms with Crippen LogP contribution in [0, 0.1) is 0 Å². The van der Waals surface area contributed by atoms with Crippen molar-refractivity contribution in [3.8, 4) is 11.4 Å². The zero-order valence-electron chi connectivity index (χ0n) is 12.9. The van der Waals surface area contributed by atoms with E-state index < -0.39 is 5.91 Å². The van der Waals surface area contributed by atoms with Crippen molar-refractivity contribution in [1.29, 1.82) is 0 Å². The molecule has 0 fully saturated rings. The summed E-state index contributed by atoms with van der Waals surface area (Å²) in [6, 6.07) is 13.7. The number of carbonyl (C=O) groups excluding carboxylic acids is 2. The lowest BCUT2D eigenvalue weighted by Crippen LogP contribution is -2.20. The molecular weight excluding hydrogens is 388 g/mol. The average Bonchev–Trinajstić information content (AvgIpc) is 3.05. The Bertz CT molecular complexity index is 905. The van der Waals surface area contributed by atoms with Crippen LogP contribution in [0.1, 0.15) is 10.4 Å². The van der Waals surface area contributed by atoms with Crippen molar-refractivity contribution in [2.75, 3.05) is 5.32 Å². The Morgan fingerprint density at radius 3 is 2.40 bits per heavy atom. The lowest BCUT2D eigenvalue weighted by atomic mass is 10.1. The van der Waals surface area contributed by atoms with Crippen LogP contribution in [-0.2, 0) is 11.3 Å². The van der Waals surface area contributed by atoms with Gasteiger partial charge in [0.2, 0.25) is 17.6 Å². The van der Waals surface area contributed by atoms with Crippen LogP contribution in [-0.4, -0.2) is 32.0 Å². The fourth-order valence-corrected chi connectivity index (χ4v) is 2.34. The molecule has 9 heteroatoms. The number of primary amides is 1. The van der Waals surface area contributed by atoms with Crippen molar-refractivity contribution in [1.82, 2.24) is 20.2 Å². The SMILES string of the molecule is NC(=O)c1ccc(-c2nnn(CC(=O)Nc3ccc(Br)cc3)n2)cc1. The molecule has 0 radical (unpaired) electrons. The number of halogens is 1. The molecule has 0 spiro atoms. The fraction of sp³-hybridized carbons (Fsp3) is 0.0625. The zero-order valence-corrected chi connectivity index (χ0v) is 14.5. The van der Waals surface area contributed by atoms with Gasteiger partial charge in [0.25, 0.3) is 0 Å². The average molecular weight is 401 g/mol. The lowest BCUT2D eigenvalue weighted by Gasteiger charge is -2.04. The number of tetrazole rings is 1. The van der Waals surface area contributed by atoms with Crippen molar-refractivity contribution in [3.05, 3.63) is 58.6 Å². The van der Waals surface area contributed by atoms with Crippen LogP contribution >= 0.6 is 15.9 Å². The Kier molecular flexibility index (Phi) is 4.85. The van der Waals surface area contributed by atoms with Crippen molar-refractivity contribution in [2.45, 2.75) is 6.54 Å². The maximum Gasteiger partial charge on any atom is 0.248 e. The standard InChI is InChI=1S/C16H13BrN6O2/c17-12-5-7-13(8-6-12)19-14(24)9-23-21-16(20-22-23)11-3-1-10(2-4-11)15(18)25/h1-8H,9H2,(H2,18,25)(H,19,24). The van der Waals surface area contributed by atoms with Gasteiger partial charge < -0.3 is 11.1 Å². The largest absolute Gasteiger partial charge is 0.366 e. The number of aromatic nitrogens is 4. The minimum atomic E-state index is -0.507. The van der Waals surface area contributed by atoms with Gasteiger partial charge in [0.05, 0.1) is 0 Å². The van der Waals surface area contributed by atoms with E-state index in [2.05, 4.69) is 36.7 Å². The summed E-state index contributed by atoms with van der Waals surface area (Å²) in [5.74, 6) is -0.421. The van der Waals surface area contributed by atoms with Gasteiger partial charge in [-0.3, -0.25) is 9.59 Å². The molecule has 3 N–H and O–H groups in total. The number of nitrogens with zero attached hydrogens (tertiary/aromatic N) is 4. The predicted molar refractivity (Wildman–Crippen MR) is 94.5 cm³/mol. The molecule has 2 amide bonds. The van der Waals surface area contributed by atoms with Crippen LogP contribution < -0.4 is 11.1 Å². The van der Waals surface area contributed by atoms with Crippen molar-refractivity contribution in [3.63, 3.8) is 0 Å². The normalized spacial score (nSPS) is 10.4. The zero-order chi connectivity index (χ0) is 17.8. The number of anilines is 1. The van der Waals surface area contributed by atoms with E-state index in [0.29, 0.717) is 22.6 Å². The molecule has 0 aliphatic carbocycles. The van der Waals surface area contributed by atoms with Gasteiger partial charge in [-0.05, 0) is 41.6 Å². The predicted octanol–water partition coefficient (Wildman–Crippen LogP) is 1.84. The van der Waals surface area contributed by atoms with Crippen LogP contribution in [0.15, 0.2) is 53.0 Å². The first-order chi connectivity index (χ1) is 12.0. The molecule has 1 aromatic heterocycles. The van der Waals surface area contributed by atoms with Crippen molar-refractivity contribution >= 4 is 33.4 Å². The molecular formula is C16H13BrN6O2. The summed E-state index contributed by atoms with van der Waals surface area (Å²) in [5, 5.41) is 14.7. The molecule has 0 saturated heterocycles. The molecule has 2 aromatic carbocycles. The maximum atomic E-state index is 12.0. The summed E-state index contributed by atoms with van der Waals surface area (Å²) in [5.41, 5.74) is 6.94. The van der Waals surface area contributed by atoms with Gasteiger partial charge in [-0.2, -0.15) is 4.80 Å². The number of carbonyl (C=O) groups is 2. The third-order valence-electron chi connectivity index (χ3n) is 3.29. The molecule has 0 saturated carbocycles. The number of hydrogen-bond acceptors (Lipinski definition) is 5. The summed E-state index contributed by atoms with van der Waals surface area (Å²) < 4.78 is 0.926. The number of amides is 2. The van der Waals surface area contributed by atoms with Gasteiger partial charge in [0, 0.05) is 21.3 Å². The molecule has 8 nitrogen and oxygen atoms in total. The van der Waals surface area contributed by atoms with E-state index in [-0.39, 0.29) is 12.5 Å². The number of rotatable bonds is 5. The molecule has 0 aliphatic rings. The van der Waals surface area contributed by atoms with E-state index in [1.54, 1.807) is 36.4 Å². The van der Waals surface area contributed by atoms with Gasteiger partial charge >= 0.3 is 0 Å². The molecule has 3 rings (SSSR count). The second kappa shape index (κ2) is 7.22. The van der Waals surface area contributed by atoms with E-state index >= 15 is 0 Å². The number of hydrogen-bond donors (Lipinski definition) is 2. The van der Waals surface area contributed by atoms with Crippen LogP contribution in [0.5, 0.6) is 0 Å². The summed E-state index contributed by atoms with van der Waals surface area (Å²) in [6.45, 7) is -0.0670. The molecule has 0 bridgehead atoms. The lowest BCUT2D eigenvalue weighted by molar-refractivity contribution is -0.117. The Hall–Kier alpha value is -3.07. The summed E-state index contributed by atoms with van der Waals surface area (Å²) in [4.78, 5) is 24.3. The van der Waals surface area contributed by atoms with Gasteiger partial charge in [-0.15, -0.1) is 10.2 Å². The van der Waals surface area contributed by atoms with Crippen LogP contribution in [0.2, 0.25) is 0 Å². The minimum Gasteiger partial charge on any atom is -0.366 e. The van der Waals surface area contributed by atoms with Crippen molar-refractivity contribution in [2.24, 2.45) is 5.73 Å². The third kappa shape index (κ3) is 4.27. The smallest absolute Gasteiger partial charge is 0.248 e. The van der Waals surface area contributed by atoms with Gasteiger partial charge in [0.1, 0.15) is 6.54 Å². The Labute approximate surface area is 151 Å². The molecule has 0 unspecified atom stereocenters. The second-order valence-electron chi connectivity index (χ2n) is 5.14. The van der Waals surface area contributed by atoms with Gasteiger partial charge in [-0.25, -0.2) is 0 Å². The Morgan fingerprint density at radius 1 is 1.08 bits per heavy atom. The topological polar surface area (TPSA) is 116 Å². The quantitative estimate of drug-likeness (QED) is 0.677. The van der Waals surface area contributed by atoms with Crippen LogP contribution in [0.25, 0.3) is 11.4 Å². The summed E-state index contributed by atoms with van der Waals surface area (Å²) >= 11 is 3.33. The molecule has 0 atom stereocenters. The first-order valence-electron chi connectivity index (χ1n) is 7.25. The number of nitrogens with one attached hydrogen (secondary N) is 1. The summed E-state index contributed by atoms with van der Waals surface area (Å²) in [7, 11) is 0. The monoisotopic (exact) mass is 400 g/mol. The first kappa shape index (κ1) is 16.8. The van der Waals surface area contributed by atoms with E-state index in [9.17, 15) is 9.59 Å². The number of nitrogens with two attached hydrogens (primary N) is 1.